The Labute approximate surface area is 121 Å². The van der Waals surface area contributed by atoms with Gasteiger partial charge in [-0.2, -0.15) is 0 Å². The van der Waals surface area contributed by atoms with Crippen molar-refractivity contribution in [2.24, 2.45) is 0 Å². The van der Waals surface area contributed by atoms with Gasteiger partial charge in [0.2, 0.25) is 0 Å². The van der Waals surface area contributed by atoms with E-state index in [1.807, 2.05) is 27.7 Å². The minimum Gasteiger partial charge on any atom is -0.444 e. The molecule has 2 N–H and O–H groups in total. The first-order chi connectivity index (χ1) is 9.26. The summed E-state index contributed by atoms with van der Waals surface area (Å²) in [5.74, 6) is 0. The average molecular weight is 278 g/mol. The van der Waals surface area contributed by atoms with Crippen LogP contribution in [0.3, 0.4) is 0 Å². The van der Waals surface area contributed by atoms with Gasteiger partial charge >= 0.3 is 6.09 Å². The highest BCUT2D eigenvalue weighted by molar-refractivity contribution is 5.68. The van der Waals surface area contributed by atoms with E-state index in [9.17, 15) is 4.79 Å². The van der Waals surface area contributed by atoms with E-state index in [4.69, 9.17) is 4.74 Å². The molecule has 1 aromatic rings. The molecule has 4 nitrogen and oxygen atoms in total. The fourth-order valence-corrected chi connectivity index (χ4v) is 1.70. The van der Waals surface area contributed by atoms with Gasteiger partial charge in [0.15, 0.2) is 0 Å². The molecule has 1 unspecified atom stereocenters. The van der Waals surface area contributed by atoms with Gasteiger partial charge in [-0.1, -0.05) is 29.8 Å². The SMILES string of the molecule is Cc1ccc(CNCC(C)NC(=O)OC(C)(C)C)cc1. The van der Waals surface area contributed by atoms with Crippen LogP contribution in [0.5, 0.6) is 0 Å². The number of alkyl carbamates (subject to hydrolysis) is 1. The number of carbonyl (C=O) groups excluding carboxylic acids is 1. The van der Waals surface area contributed by atoms with E-state index in [0.29, 0.717) is 6.54 Å². The first-order valence-electron chi connectivity index (χ1n) is 7.02. The van der Waals surface area contributed by atoms with Gasteiger partial charge in [0.25, 0.3) is 0 Å². The van der Waals surface area contributed by atoms with Crippen LogP contribution in [0.2, 0.25) is 0 Å². The standard InChI is InChI=1S/C16H26N2O2/c1-12-6-8-14(9-7-12)11-17-10-13(2)18-15(19)20-16(3,4)5/h6-9,13,17H,10-11H2,1-5H3,(H,18,19). The van der Waals surface area contributed by atoms with Gasteiger partial charge < -0.3 is 15.4 Å². The zero-order valence-corrected chi connectivity index (χ0v) is 13.1. The number of carbonyl (C=O) groups is 1. The summed E-state index contributed by atoms with van der Waals surface area (Å²) in [5.41, 5.74) is 2.04. The van der Waals surface area contributed by atoms with Crippen LogP contribution in [0.1, 0.15) is 38.8 Å². The smallest absolute Gasteiger partial charge is 0.407 e. The molecule has 4 heteroatoms. The van der Waals surface area contributed by atoms with Crippen molar-refractivity contribution in [3.05, 3.63) is 35.4 Å². The Bertz CT molecular complexity index is 421. The molecule has 1 rings (SSSR count). The lowest BCUT2D eigenvalue weighted by molar-refractivity contribution is 0.0508. The summed E-state index contributed by atoms with van der Waals surface area (Å²) in [6.07, 6.45) is -0.373. The van der Waals surface area contributed by atoms with Crippen molar-refractivity contribution in [2.75, 3.05) is 6.54 Å². The molecule has 0 aromatic heterocycles. The molecule has 0 heterocycles. The number of hydrogen-bond donors (Lipinski definition) is 2. The predicted octanol–water partition coefficient (Wildman–Crippen LogP) is 3.00. The van der Waals surface area contributed by atoms with Gasteiger partial charge in [-0.05, 0) is 40.2 Å². The highest BCUT2D eigenvalue weighted by Crippen LogP contribution is 2.06. The molecular formula is C16H26N2O2. The Morgan fingerprint density at radius 3 is 2.40 bits per heavy atom. The van der Waals surface area contributed by atoms with Gasteiger partial charge in [-0.3, -0.25) is 0 Å². The maximum atomic E-state index is 11.6. The fraction of sp³-hybridized carbons (Fsp3) is 0.562. The number of aryl methyl sites for hydroxylation is 1. The van der Waals surface area contributed by atoms with Crippen LogP contribution >= 0.6 is 0 Å². The lowest BCUT2D eigenvalue weighted by atomic mass is 10.1. The summed E-state index contributed by atoms with van der Waals surface area (Å²) in [4.78, 5) is 11.6. The second kappa shape index (κ2) is 7.29. The second-order valence-electron chi connectivity index (χ2n) is 6.16. The monoisotopic (exact) mass is 278 g/mol. The summed E-state index contributed by atoms with van der Waals surface area (Å²) in [6, 6.07) is 8.43. The molecule has 20 heavy (non-hydrogen) atoms. The van der Waals surface area contributed by atoms with Crippen LogP contribution < -0.4 is 10.6 Å². The van der Waals surface area contributed by atoms with Crippen molar-refractivity contribution < 1.29 is 9.53 Å². The van der Waals surface area contributed by atoms with Crippen LogP contribution in [-0.2, 0) is 11.3 Å². The lowest BCUT2D eigenvalue weighted by Gasteiger charge is -2.22. The minimum atomic E-state index is -0.459. The van der Waals surface area contributed by atoms with Crippen LogP contribution in [0, 0.1) is 6.92 Å². The topological polar surface area (TPSA) is 50.4 Å². The normalized spacial score (nSPS) is 12.8. The van der Waals surface area contributed by atoms with E-state index < -0.39 is 5.60 Å². The fourth-order valence-electron chi connectivity index (χ4n) is 1.70. The summed E-state index contributed by atoms with van der Waals surface area (Å²) < 4.78 is 5.21. The molecule has 0 aliphatic heterocycles. The number of benzene rings is 1. The molecule has 0 radical (unpaired) electrons. The first kappa shape index (κ1) is 16.5. The molecule has 1 atom stereocenters. The van der Waals surface area contributed by atoms with Crippen LogP contribution in [0.25, 0.3) is 0 Å². The summed E-state index contributed by atoms with van der Waals surface area (Å²) in [5, 5.41) is 6.13. The molecule has 0 saturated carbocycles. The molecule has 0 saturated heterocycles. The maximum Gasteiger partial charge on any atom is 0.407 e. The van der Waals surface area contributed by atoms with Crippen molar-refractivity contribution in [3.63, 3.8) is 0 Å². The highest BCUT2D eigenvalue weighted by atomic mass is 16.6. The summed E-state index contributed by atoms with van der Waals surface area (Å²) >= 11 is 0. The number of rotatable bonds is 5. The van der Waals surface area contributed by atoms with Crippen LogP contribution in [-0.4, -0.2) is 24.3 Å². The van der Waals surface area contributed by atoms with Gasteiger partial charge in [0.1, 0.15) is 5.60 Å². The molecule has 0 fully saturated rings. The number of hydrogen-bond acceptors (Lipinski definition) is 3. The Kier molecular flexibility index (Phi) is 6.02. The van der Waals surface area contributed by atoms with Crippen LogP contribution in [0.4, 0.5) is 4.79 Å². The zero-order chi connectivity index (χ0) is 15.2. The first-order valence-corrected chi connectivity index (χ1v) is 7.02. The molecule has 112 valence electrons. The van der Waals surface area contributed by atoms with Gasteiger partial charge in [0, 0.05) is 19.1 Å². The van der Waals surface area contributed by atoms with Crippen molar-refractivity contribution in [3.8, 4) is 0 Å². The largest absolute Gasteiger partial charge is 0.444 e. The second-order valence-corrected chi connectivity index (χ2v) is 6.16. The lowest BCUT2D eigenvalue weighted by Crippen LogP contribution is -2.42. The van der Waals surface area contributed by atoms with Crippen molar-refractivity contribution >= 4 is 6.09 Å². The van der Waals surface area contributed by atoms with E-state index in [1.54, 1.807) is 0 Å². The quantitative estimate of drug-likeness (QED) is 0.870. The third kappa shape index (κ3) is 7.14. The van der Waals surface area contributed by atoms with Crippen LogP contribution in [0.15, 0.2) is 24.3 Å². The summed E-state index contributed by atoms with van der Waals surface area (Å²) in [7, 11) is 0. The van der Waals surface area contributed by atoms with Crippen molar-refractivity contribution in [2.45, 2.75) is 52.8 Å². The van der Waals surface area contributed by atoms with E-state index in [0.717, 1.165) is 6.54 Å². The highest BCUT2D eigenvalue weighted by Gasteiger charge is 2.17. The van der Waals surface area contributed by atoms with Gasteiger partial charge in [-0.15, -0.1) is 0 Å². The predicted molar refractivity (Wildman–Crippen MR) is 81.7 cm³/mol. The average Bonchev–Trinajstić information content (AvgIpc) is 2.29. The minimum absolute atomic E-state index is 0.0234. The van der Waals surface area contributed by atoms with Crippen molar-refractivity contribution in [1.82, 2.24) is 10.6 Å². The van der Waals surface area contributed by atoms with E-state index in [-0.39, 0.29) is 12.1 Å². The van der Waals surface area contributed by atoms with Crippen molar-refractivity contribution in [1.29, 1.82) is 0 Å². The Balaban J connectivity index is 2.24. The molecule has 0 aliphatic rings. The Hall–Kier alpha value is -1.55. The Morgan fingerprint density at radius 2 is 1.85 bits per heavy atom. The van der Waals surface area contributed by atoms with E-state index in [1.165, 1.54) is 11.1 Å². The number of amides is 1. The number of nitrogens with one attached hydrogen (secondary N) is 2. The van der Waals surface area contributed by atoms with E-state index in [2.05, 4.69) is 41.8 Å². The summed E-state index contributed by atoms with van der Waals surface area (Å²) in [6.45, 7) is 11.1. The maximum absolute atomic E-state index is 11.6. The third-order valence-electron chi connectivity index (χ3n) is 2.66. The van der Waals surface area contributed by atoms with Gasteiger partial charge in [0.05, 0.1) is 0 Å². The number of ether oxygens (including phenoxy) is 1. The third-order valence-corrected chi connectivity index (χ3v) is 2.66. The van der Waals surface area contributed by atoms with E-state index >= 15 is 0 Å². The molecule has 0 bridgehead atoms. The Morgan fingerprint density at radius 1 is 1.25 bits per heavy atom. The van der Waals surface area contributed by atoms with Gasteiger partial charge in [-0.25, -0.2) is 4.79 Å². The molecule has 0 spiro atoms. The molecule has 1 amide bonds. The molecule has 0 aliphatic carbocycles. The molecule has 1 aromatic carbocycles. The molecular weight excluding hydrogens is 252 g/mol. The zero-order valence-electron chi connectivity index (χ0n) is 13.1.